The SMILES string of the molecule is Cc1ccc(C2=NN(C(=O)CN3CCC4(CC3)OCCO4)C(c3ccc4c(c3)OCO4)C2)c(C)c1. The minimum atomic E-state index is -0.448. The van der Waals surface area contributed by atoms with Crippen LogP contribution in [0.3, 0.4) is 0 Å². The van der Waals surface area contributed by atoms with Crippen molar-refractivity contribution in [1.29, 1.82) is 0 Å². The standard InChI is InChI=1S/C27H31N3O5/c1-18-3-5-21(19(2)13-18)22-15-23(20-4-6-24-25(14-20)33-17-32-24)30(28-22)26(31)16-29-9-7-27(8-10-29)34-11-12-35-27/h3-6,13-14,23H,7-12,15-17H2,1-2H3. The fourth-order valence-corrected chi connectivity index (χ4v) is 5.52. The zero-order chi connectivity index (χ0) is 24.0. The van der Waals surface area contributed by atoms with Gasteiger partial charge >= 0.3 is 0 Å². The van der Waals surface area contributed by atoms with E-state index in [1.54, 1.807) is 5.01 Å². The number of aryl methyl sites for hydroxylation is 2. The number of amides is 1. The second-order valence-electron chi connectivity index (χ2n) is 9.82. The molecule has 0 bridgehead atoms. The first-order valence-electron chi connectivity index (χ1n) is 12.4. The highest BCUT2D eigenvalue weighted by atomic mass is 16.7. The number of carbonyl (C=O) groups excluding carboxylic acids is 1. The number of hydrogen-bond acceptors (Lipinski definition) is 7. The number of ether oxygens (including phenoxy) is 4. The summed E-state index contributed by atoms with van der Waals surface area (Å²) in [6.45, 7) is 7.56. The molecule has 1 unspecified atom stereocenters. The first-order chi connectivity index (χ1) is 17.0. The summed E-state index contributed by atoms with van der Waals surface area (Å²) in [7, 11) is 0. The van der Waals surface area contributed by atoms with Crippen LogP contribution in [0.2, 0.25) is 0 Å². The van der Waals surface area contributed by atoms with Gasteiger partial charge in [-0.15, -0.1) is 0 Å². The Balaban J connectivity index is 1.24. The molecule has 1 atom stereocenters. The highest BCUT2D eigenvalue weighted by molar-refractivity contribution is 6.04. The number of piperidine rings is 1. The van der Waals surface area contributed by atoms with Crippen LogP contribution in [-0.4, -0.2) is 67.0 Å². The first-order valence-corrected chi connectivity index (χ1v) is 12.4. The lowest BCUT2D eigenvalue weighted by Gasteiger charge is -2.37. The Morgan fingerprint density at radius 1 is 1.03 bits per heavy atom. The van der Waals surface area contributed by atoms with Crippen LogP contribution in [0.5, 0.6) is 11.5 Å². The average Bonchev–Trinajstić information content (AvgIpc) is 3.60. The van der Waals surface area contributed by atoms with E-state index in [0.717, 1.165) is 48.5 Å². The third-order valence-electron chi connectivity index (χ3n) is 7.43. The lowest BCUT2D eigenvalue weighted by atomic mass is 9.95. The lowest BCUT2D eigenvalue weighted by molar-refractivity contribution is -0.186. The molecular weight excluding hydrogens is 446 g/mol. The van der Waals surface area contributed by atoms with Crippen molar-refractivity contribution in [2.75, 3.05) is 39.6 Å². The van der Waals surface area contributed by atoms with E-state index >= 15 is 0 Å². The molecular formula is C27H31N3O5. The van der Waals surface area contributed by atoms with Crippen LogP contribution in [-0.2, 0) is 14.3 Å². The van der Waals surface area contributed by atoms with Crippen LogP contribution < -0.4 is 9.47 Å². The van der Waals surface area contributed by atoms with Gasteiger partial charge in [0, 0.05) is 37.9 Å². The minimum absolute atomic E-state index is 0.00311. The molecule has 1 amide bonds. The number of likely N-dealkylation sites (tertiary alicyclic amines) is 1. The van der Waals surface area contributed by atoms with Gasteiger partial charge in [0.1, 0.15) is 0 Å². The van der Waals surface area contributed by atoms with Crippen molar-refractivity contribution in [2.24, 2.45) is 5.10 Å². The van der Waals surface area contributed by atoms with Gasteiger partial charge in [-0.05, 0) is 37.1 Å². The van der Waals surface area contributed by atoms with Crippen LogP contribution in [0.15, 0.2) is 41.5 Å². The molecule has 8 heteroatoms. The summed E-state index contributed by atoms with van der Waals surface area (Å²) in [4.78, 5) is 15.8. The molecule has 0 saturated carbocycles. The van der Waals surface area contributed by atoms with Crippen LogP contribution in [0.1, 0.15) is 47.6 Å². The fourth-order valence-electron chi connectivity index (χ4n) is 5.52. The van der Waals surface area contributed by atoms with Gasteiger partial charge in [0.2, 0.25) is 6.79 Å². The number of rotatable bonds is 4. The van der Waals surface area contributed by atoms with Crippen molar-refractivity contribution in [3.8, 4) is 11.5 Å². The summed E-state index contributed by atoms with van der Waals surface area (Å²) in [5.74, 6) is 0.999. The van der Waals surface area contributed by atoms with E-state index in [4.69, 9.17) is 24.0 Å². The van der Waals surface area contributed by atoms with E-state index in [1.165, 1.54) is 11.1 Å². The number of hydrogen-bond donors (Lipinski definition) is 0. The fraction of sp³-hybridized carbons (Fsp3) is 0.481. The Kier molecular flexibility index (Phi) is 5.75. The van der Waals surface area contributed by atoms with Crippen molar-refractivity contribution in [3.05, 3.63) is 58.7 Å². The van der Waals surface area contributed by atoms with E-state index in [1.807, 2.05) is 18.2 Å². The molecule has 6 rings (SSSR count). The number of hydrazone groups is 1. The van der Waals surface area contributed by atoms with Gasteiger partial charge in [-0.2, -0.15) is 5.10 Å². The molecule has 0 aromatic heterocycles. The molecule has 4 aliphatic heterocycles. The number of nitrogens with zero attached hydrogens (tertiary/aromatic N) is 3. The van der Waals surface area contributed by atoms with Gasteiger partial charge in [0.05, 0.1) is 31.5 Å². The molecule has 2 fully saturated rings. The van der Waals surface area contributed by atoms with Crippen LogP contribution >= 0.6 is 0 Å². The summed E-state index contributed by atoms with van der Waals surface area (Å²) in [6, 6.07) is 12.1. The topological polar surface area (TPSA) is 72.8 Å². The maximum absolute atomic E-state index is 13.6. The third-order valence-corrected chi connectivity index (χ3v) is 7.43. The molecule has 1 spiro atoms. The van der Waals surface area contributed by atoms with Crippen molar-refractivity contribution >= 4 is 11.6 Å². The number of fused-ring (bicyclic) bond motifs is 1. The molecule has 184 valence electrons. The summed E-state index contributed by atoms with van der Waals surface area (Å²) in [6.07, 6.45) is 2.21. The van der Waals surface area contributed by atoms with Gasteiger partial charge in [-0.1, -0.05) is 29.8 Å². The van der Waals surface area contributed by atoms with Crippen LogP contribution in [0.25, 0.3) is 0 Å². The lowest BCUT2D eigenvalue weighted by Crippen LogP contribution is -2.48. The van der Waals surface area contributed by atoms with E-state index in [0.29, 0.717) is 31.9 Å². The Hall–Kier alpha value is -2.94. The Bertz CT molecular complexity index is 1160. The van der Waals surface area contributed by atoms with E-state index in [-0.39, 0.29) is 18.7 Å². The van der Waals surface area contributed by atoms with Crippen LogP contribution in [0.4, 0.5) is 0 Å². The summed E-state index contributed by atoms with van der Waals surface area (Å²) in [5, 5.41) is 6.57. The van der Waals surface area contributed by atoms with Crippen molar-refractivity contribution in [2.45, 2.75) is 44.9 Å². The largest absolute Gasteiger partial charge is 0.454 e. The molecule has 35 heavy (non-hydrogen) atoms. The zero-order valence-corrected chi connectivity index (χ0v) is 20.3. The molecule has 2 aromatic carbocycles. The molecule has 8 nitrogen and oxygen atoms in total. The third kappa shape index (κ3) is 4.30. The van der Waals surface area contributed by atoms with Gasteiger partial charge in [-0.3, -0.25) is 9.69 Å². The molecule has 0 radical (unpaired) electrons. The Labute approximate surface area is 205 Å². The molecule has 4 aliphatic rings. The summed E-state index contributed by atoms with van der Waals surface area (Å²) in [5.41, 5.74) is 5.40. The summed E-state index contributed by atoms with van der Waals surface area (Å²) < 4.78 is 22.8. The average molecular weight is 478 g/mol. The summed E-state index contributed by atoms with van der Waals surface area (Å²) >= 11 is 0. The highest BCUT2D eigenvalue weighted by Gasteiger charge is 2.41. The van der Waals surface area contributed by atoms with Crippen LogP contribution in [0, 0.1) is 13.8 Å². The predicted molar refractivity (Wildman–Crippen MR) is 130 cm³/mol. The van der Waals surface area contributed by atoms with Gasteiger partial charge in [-0.25, -0.2) is 5.01 Å². The monoisotopic (exact) mass is 477 g/mol. The molecule has 2 aromatic rings. The van der Waals surface area contributed by atoms with E-state index in [2.05, 4.69) is 36.9 Å². The Morgan fingerprint density at radius 2 is 1.80 bits per heavy atom. The van der Waals surface area contributed by atoms with Crippen molar-refractivity contribution in [1.82, 2.24) is 9.91 Å². The van der Waals surface area contributed by atoms with Gasteiger partial charge in [0.25, 0.3) is 5.91 Å². The molecule has 0 aliphatic carbocycles. The van der Waals surface area contributed by atoms with Gasteiger partial charge < -0.3 is 18.9 Å². The zero-order valence-electron chi connectivity index (χ0n) is 20.3. The minimum Gasteiger partial charge on any atom is -0.454 e. The molecule has 4 heterocycles. The second-order valence-corrected chi connectivity index (χ2v) is 9.82. The van der Waals surface area contributed by atoms with E-state index < -0.39 is 5.79 Å². The number of benzene rings is 2. The second kappa shape index (κ2) is 8.93. The predicted octanol–water partition coefficient (Wildman–Crippen LogP) is 3.55. The van der Waals surface area contributed by atoms with Gasteiger partial charge in [0.15, 0.2) is 17.3 Å². The normalized spacial score (nSPS) is 23.2. The maximum atomic E-state index is 13.6. The first kappa shape index (κ1) is 22.5. The van der Waals surface area contributed by atoms with Crippen molar-refractivity contribution < 1.29 is 23.7 Å². The Morgan fingerprint density at radius 3 is 2.57 bits per heavy atom. The molecule has 2 saturated heterocycles. The van der Waals surface area contributed by atoms with Crippen molar-refractivity contribution in [3.63, 3.8) is 0 Å². The molecule has 0 N–H and O–H groups in total. The van der Waals surface area contributed by atoms with E-state index in [9.17, 15) is 4.79 Å². The quantitative estimate of drug-likeness (QED) is 0.671. The maximum Gasteiger partial charge on any atom is 0.257 e. The smallest absolute Gasteiger partial charge is 0.257 e. The highest BCUT2D eigenvalue weighted by Crippen LogP contribution is 2.40. The number of carbonyl (C=O) groups is 1.